The van der Waals surface area contributed by atoms with Crippen molar-refractivity contribution in [3.05, 3.63) is 63.2 Å². The summed E-state index contributed by atoms with van der Waals surface area (Å²) in [6.07, 6.45) is 7.99. The molecular formula is C23H24ClN5O3. The molecule has 1 saturated heterocycles. The van der Waals surface area contributed by atoms with Gasteiger partial charge in [-0.05, 0) is 56.2 Å². The highest BCUT2D eigenvalue weighted by molar-refractivity contribution is 6.30. The van der Waals surface area contributed by atoms with Gasteiger partial charge in [0, 0.05) is 37.1 Å². The Morgan fingerprint density at radius 3 is 2.69 bits per heavy atom. The second kappa shape index (κ2) is 7.78. The lowest BCUT2D eigenvalue weighted by atomic mass is 9.94. The Morgan fingerprint density at radius 1 is 1.25 bits per heavy atom. The summed E-state index contributed by atoms with van der Waals surface area (Å²) in [5.41, 5.74) is 1.59. The SMILES string of the molecule is C[C@@H](Nc1ncccc1C(=O)O)c1cc(Cl)cn2c(=O)cc(N3CCC4(CC3)CC4)nc12. The fourth-order valence-corrected chi connectivity index (χ4v) is 4.74. The number of hydrogen-bond donors (Lipinski definition) is 2. The Bertz CT molecular complexity index is 1260. The van der Waals surface area contributed by atoms with E-state index in [9.17, 15) is 14.7 Å². The van der Waals surface area contributed by atoms with Crippen LogP contribution >= 0.6 is 11.6 Å². The first-order valence-corrected chi connectivity index (χ1v) is 11.2. The van der Waals surface area contributed by atoms with Gasteiger partial charge in [0.2, 0.25) is 0 Å². The van der Waals surface area contributed by atoms with Gasteiger partial charge in [-0.25, -0.2) is 14.8 Å². The van der Waals surface area contributed by atoms with Crippen molar-refractivity contribution in [2.75, 3.05) is 23.3 Å². The number of rotatable bonds is 5. The van der Waals surface area contributed by atoms with Crippen LogP contribution in [0.1, 0.15) is 54.6 Å². The third-order valence-corrected chi connectivity index (χ3v) is 6.91. The third kappa shape index (κ3) is 3.79. The Balaban J connectivity index is 1.53. The summed E-state index contributed by atoms with van der Waals surface area (Å²) in [5.74, 6) is -0.154. The zero-order valence-electron chi connectivity index (χ0n) is 17.7. The topological polar surface area (TPSA) is 99.8 Å². The van der Waals surface area contributed by atoms with Crippen LogP contribution in [0.5, 0.6) is 0 Å². The van der Waals surface area contributed by atoms with Gasteiger partial charge in [-0.2, -0.15) is 0 Å². The van der Waals surface area contributed by atoms with Crippen LogP contribution in [0.15, 0.2) is 41.5 Å². The van der Waals surface area contributed by atoms with Crippen molar-refractivity contribution in [1.29, 1.82) is 0 Å². The smallest absolute Gasteiger partial charge is 0.339 e. The quantitative estimate of drug-likeness (QED) is 0.602. The second-order valence-electron chi connectivity index (χ2n) is 8.82. The van der Waals surface area contributed by atoms with Gasteiger partial charge in [-0.1, -0.05) is 11.6 Å². The van der Waals surface area contributed by atoms with E-state index in [1.807, 2.05) is 6.92 Å². The summed E-state index contributed by atoms with van der Waals surface area (Å²) in [7, 11) is 0. The van der Waals surface area contributed by atoms with Crippen molar-refractivity contribution in [3.8, 4) is 0 Å². The standard InChI is InChI=1S/C23H24ClN5O3/c1-14(26-20-16(22(31)32)3-2-8-25-20)17-11-15(24)13-29-19(30)12-18(27-21(17)29)28-9-6-23(4-5-23)7-10-28/h2-3,8,11-14H,4-7,9-10H2,1H3,(H,25,26)(H,31,32)/t14-/m1/s1. The molecule has 2 aliphatic rings. The van der Waals surface area contributed by atoms with E-state index in [0.29, 0.717) is 27.5 Å². The maximum atomic E-state index is 12.9. The lowest BCUT2D eigenvalue weighted by Gasteiger charge is -2.33. The molecule has 0 aromatic carbocycles. The number of nitrogens with one attached hydrogen (secondary N) is 1. The summed E-state index contributed by atoms with van der Waals surface area (Å²) in [4.78, 5) is 35.7. The average Bonchev–Trinajstić information content (AvgIpc) is 3.53. The molecule has 32 heavy (non-hydrogen) atoms. The number of carbonyl (C=O) groups is 1. The number of aromatic carboxylic acids is 1. The summed E-state index contributed by atoms with van der Waals surface area (Å²) in [5, 5.41) is 13.0. The molecule has 1 spiro atoms. The van der Waals surface area contributed by atoms with E-state index in [4.69, 9.17) is 16.6 Å². The van der Waals surface area contributed by atoms with Crippen LogP contribution in [0.4, 0.5) is 11.6 Å². The molecule has 1 atom stereocenters. The second-order valence-corrected chi connectivity index (χ2v) is 9.25. The molecule has 0 bridgehead atoms. The van der Waals surface area contributed by atoms with E-state index in [1.165, 1.54) is 29.5 Å². The summed E-state index contributed by atoms with van der Waals surface area (Å²) >= 11 is 6.32. The van der Waals surface area contributed by atoms with Crippen molar-refractivity contribution < 1.29 is 9.90 Å². The maximum Gasteiger partial charge on any atom is 0.339 e. The summed E-state index contributed by atoms with van der Waals surface area (Å²) in [6.45, 7) is 3.66. The molecule has 1 aliphatic heterocycles. The lowest BCUT2D eigenvalue weighted by Crippen LogP contribution is -2.36. The first kappa shape index (κ1) is 20.8. The van der Waals surface area contributed by atoms with Gasteiger partial charge in [0.05, 0.1) is 11.1 Å². The van der Waals surface area contributed by atoms with E-state index >= 15 is 0 Å². The van der Waals surface area contributed by atoms with Crippen LogP contribution in [0.2, 0.25) is 5.02 Å². The third-order valence-electron chi connectivity index (χ3n) is 6.71. The Morgan fingerprint density at radius 2 is 2.00 bits per heavy atom. The maximum absolute atomic E-state index is 12.9. The summed E-state index contributed by atoms with van der Waals surface area (Å²) < 4.78 is 1.45. The monoisotopic (exact) mass is 453 g/mol. The van der Waals surface area contributed by atoms with Crippen LogP contribution in [0, 0.1) is 5.41 Å². The highest BCUT2D eigenvalue weighted by Gasteiger charge is 2.44. The zero-order chi connectivity index (χ0) is 22.5. The predicted octanol–water partition coefficient (Wildman–Crippen LogP) is 3.99. The van der Waals surface area contributed by atoms with Gasteiger partial charge in [-0.3, -0.25) is 9.20 Å². The minimum Gasteiger partial charge on any atom is -0.478 e. The van der Waals surface area contributed by atoms with Gasteiger partial charge >= 0.3 is 5.97 Å². The fraction of sp³-hybridized carbons (Fsp3) is 0.391. The number of halogens is 1. The fourth-order valence-electron chi connectivity index (χ4n) is 4.52. The number of fused-ring (bicyclic) bond motifs is 1. The minimum absolute atomic E-state index is 0.0684. The van der Waals surface area contributed by atoms with Crippen molar-refractivity contribution in [3.63, 3.8) is 0 Å². The molecular weight excluding hydrogens is 430 g/mol. The number of aromatic nitrogens is 3. The molecule has 1 aliphatic carbocycles. The Hall–Kier alpha value is -3.13. The minimum atomic E-state index is -1.07. The molecule has 0 amide bonds. The first-order chi connectivity index (χ1) is 15.3. The number of hydrogen-bond acceptors (Lipinski definition) is 6. The molecule has 3 aromatic rings. The first-order valence-electron chi connectivity index (χ1n) is 10.8. The molecule has 8 nitrogen and oxygen atoms in total. The van der Waals surface area contributed by atoms with Gasteiger partial charge < -0.3 is 15.3 Å². The van der Waals surface area contributed by atoms with Crippen LogP contribution in [-0.4, -0.2) is 38.5 Å². The molecule has 3 aromatic heterocycles. The van der Waals surface area contributed by atoms with Gasteiger partial charge in [0.1, 0.15) is 22.8 Å². The number of anilines is 2. The lowest BCUT2D eigenvalue weighted by molar-refractivity contribution is 0.0697. The van der Waals surface area contributed by atoms with Crippen LogP contribution in [0.3, 0.4) is 0 Å². The molecule has 0 unspecified atom stereocenters. The predicted molar refractivity (Wildman–Crippen MR) is 123 cm³/mol. The average molecular weight is 454 g/mol. The Labute approximate surface area is 189 Å². The molecule has 2 N–H and O–H groups in total. The number of pyridine rings is 2. The van der Waals surface area contributed by atoms with E-state index in [1.54, 1.807) is 24.4 Å². The molecule has 1 saturated carbocycles. The number of nitrogens with zero attached hydrogens (tertiary/aromatic N) is 4. The molecule has 0 radical (unpaired) electrons. The normalized spacial score (nSPS) is 18.0. The Kier molecular flexibility index (Phi) is 5.04. The molecule has 9 heteroatoms. The van der Waals surface area contributed by atoms with Crippen LogP contribution < -0.4 is 15.8 Å². The van der Waals surface area contributed by atoms with Crippen LogP contribution in [0.25, 0.3) is 5.65 Å². The highest BCUT2D eigenvalue weighted by Crippen LogP contribution is 2.53. The van der Waals surface area contributed by atoms with Gasteiger partial charge in [0.15, 0.2) is 0 Å². The van der Waals surface area contributed by atoms with E-state index in [0.717, 1.165) is 25.9 Å². The van der Waals surface area contributed by atoms with E-state index in [2.05, 4.69) is 15.2 Å². The molecule has 4 heterocycles. The molecule has 2 fully saturated rings. The summed E-state index contributed by atoms with van der Waals surface area (Å²) in [6, 6.07) is 5.99. The number of piperidine rings is 1. The van der Waals surface area contributed by atoms with Crippen LogP contribution in [-0.2, 0) is 0 Å². The van der Waals surface area contributed by atoms with Gasteiger partial charge in [0.25, 0.3) is 5.56 Å². The van der Waals surface area contributed by atoms with E-state index in [-0.39, 0.29) is 16.9 Å². The number of carboxylic acid groups (broad SMARTS) is 1. The van der Waals surface area contributed by atoms with Crippen molar-refractivity contribution in [2.24, 2.45) is 5.41 Å². The van der Waals surface area contributed by atoms with Crippen molar-refractivity contribution in [2.45, 2.75) is 38.6 Å². The highest BCUT2D eigenvalue weighted by atomic mass is 35.5. The van der Waals surface area contributed by atoms with Crippen molar-refractivity contribution >= 4 is 34.9 Å². The number of carboxylic acids is 1. The van der Waals surface area contributed by atoms with Gasteiger partial charge in [-0.15, -0.1) is 0 Å². The molecule has 5 rings (SSSR count). The van der Waals surface area contributed by atoms with Crippen molar-refractivity contribution in [1.82, 2.24) is 14.4 Å². The molecule has 166 valence electrons. The largest absolute Gasteiger partial charge is 0.478 e. The zero-order valence-corrected chi connectivity index (χ0v) is 18.5. The van der Waals surface area contributed by atoms with E-state index < -0.39 is 12.0 Å².